The van der Waals surface area contributed by atoms with Crippen LogP contribution in [0.2, 0.25) is 5.02 Å². The van der Waals surface area contributed by atoms with Crippen molar-refractivity contribution in [1.29, 1.82) is 5.41 Å². The smallest absolute Gasteiger partial charge is 0.122 e. The van der Waals surface area contributed by atoms with Crippen molar-refractivity contribution in [2.24, 2.45) is 5.73 Å². The third-order valence-electron chi connectivity index (χ3n) is 2.29. The van der Waals surface area contributed by atoms with E-state index in [1.54, 1.807) is 30.1 Å². The van der Waals surface area contributed by atoms with Crippen molar-refractivity contribution in [3.63, 3.8) is 0 Å². The van der Waals surface area contributed by atoms with Gasteiger partial charge in [0.15, 0.2) is 0 Å². The van der Waals surface area contributed by atoms with E-state index in [0.29, 0.717) is 16.3 Å². The lowest BCUT2D eigenvalue weighted by Gasteiger charge is -2.06. The van der Waals surface area contributed by atoms with Gasteiger partial charge in [-0.15, -0.1) is 11.8 Å². The Hall–Kier alpha value is -1.59. The summed E-state index contributed by atoms with van der Waals surface area (Å²) in [6.07, 6.45) is 3.22. The first-order valence-corrected chi connectivity index (χ1v) is 6.55. The van der Waals surface area contributed by atoms with Gasteiger partial charge in [-0.1, -0.05) is 23.7 Å². The zero-order valence-electron chi connectivity index (χ0n) is 9.43. The summed E-state index contributed by atoms with van der Waals surface area (Å²) in [7, 11) is 0. The predicted molar refractivity (Wildman–Crippen MR) is 74.1 cm³/mol. The first-order valence-electron chi connectivity index (χ1n) is 5.18. The lowest BCUT2D eigenvalue weighted by Crippen LogP contribution is -2.10. The Labute approximate surface area is 114 Å². The van der Waals surface area contributed by atoms with Crippen LogP contribution in [0.3, 0.4) is 0 Å². The lowest BCUT2D eigenvalue weighted by molar-refractivity contribution is 1.05. The summed E-state index contributed by atoms with van der Waals surface area (Å²) in [4.78, 5) is 7.98. The van der Waals surface area contributed by atoms with Gasteiger partial charge in [-0.3, -0.25) is 5.41 Å². The molecule has 1 aromatic carbocycles. The molecule has 3 N–H and O–H groups in total. The number of thioether (sulfide) groups is 1. The maximum atomic E-state index is 7.34. The van der Waals surface area contributed by atoms with Crippen molar-refractivity contribution in [3.8, 4) is 0 Å². The minimum absolute atomic E-state index is 0.0203. The van der Waals surface area contributed by atoms with Crippen LogP contribution >= 0.6 is 23.4 Å². The summed E-state index contributed by atoms with van der Waals surface area (Å²) in [6, 6.07) is 7.24. The second kappa shape index (κ2) is 5.84. The maximum Gasteiger partial charge on any atom is 0.122 e. The highest BCUT2D eigenvalue weighted by Gasteiger charge is 2.05. The SMILES string of the molecule is N=C(N)c1ccc(CSc2ccncn2)c(Cl)c1. The Balaban J connectivity index is 2.08. The van der Waals surface area contributed by atoms with Crippen LogP contribution in [-0.4, -0.2) is 15.8 Å². The van der Waals surface area contributed by atoms with E-state index >= 15 is 0 Å². The monoisotopic (exact) mass is 278 g/mol. The number of halogens is 1. The molecule has 1 aromatic heterocycles. The molecule has 2 rings (SSSR count). The molecule has 0 spiro atoms. The molecule has 0 fully saturated rings. The van der Waals surface area contributed by atoms with Gasteiger partial charge in [0.05, 0.1) is 5.03 Å². The number of rotatable bonds is 4. The largest absolute Gasteiger partial charge is 0.384 e. The molecular weight excluding hydrogens is 268 g/mol. The predicted octanol–water partition coefficient (Wildman–Crippen LogP) is 2.71. The summed E-state index contributed by atoms with van der Waals surface area (Å²) in [6.45, 7) is 0. The van der Waals surface area contributed by atoms with Crippen molar-refractivity contribution < 1.29 is 0 Å². The topological polar surface area (TPSA) is 75.7 Å². The number of nitrogens with one attached hydrogen (secondary N) is 1. The minimum Gasteiger partial charge on any atom is -0.384 e. The quantitative estimate of drug-likeness (QED) is 0.390. The average Bonchev–Trinajstić information content (AvgIpc) is 2.38. The molecule has 0 saturated heterocycles. The highest BCUT2D eigenvalue weighted by molar-refractivity contribution is 7.98. The molecule has 1 heterocycles. The second-order valence-electron chi connectivity index (χ2n) is 3.56. The maximum absolute atomic E-state index is 7.34. The molecule has 0 aliphatic carbocycles. The molecule has 92 valence electrons. The Kier molecular flexibility index (Phi) is 4.17. The van der Waals surface area contributed by atoms with Gasteiger partial charge in [0.1, 0.15) is 12.2 Å². The third kappa shape index (κ3) is 3.21. The fourth-order valence-electron chi connectivity index (χ4n) is 1.35. The van der Waals surface area contributed by atoms with Crippen molar-refractivity contribution in [1.82, 2.24) is 9.97 Å². The van der Waals surface area contributed by atoms with Crippen LogP contribution in [0, 0.1) is 5.41 Å². The first-order chi connectivity index (χ1) is 8.66. The van der Waals surface area contributed by atoms with Gasteiger partial charge >= 0.3 is 0 Å². The Morgan fingerprint density at radius 2 is 2.22 bits per heavy atom. The van der Waals surface area contributed by atoms with Crippen molar-refractivity contribution >= 4 is 29.2 Å². The van der Waals surface area contributed by atoms with Crippen molar-refractivity contribution in [2.45, 2.75) is 10.8 Å². The van der Waals surface area contributed by atoms with Crippen molar-refractivity contribution in [3.05, 3.63) is 52.9 Å². The van der Waals surface area contributed by atoms with Crippen LogP contribution in [0.15, 0.2) is 41.8 Å². The minimum atomic E-state index is 0.0203. The van der Waals surface area contributed by atoms with E-state index in [-0.39, 0.29) is 5.84 Å². The molecule has 0 aliphatic heterocycles. The van der Waals surface area contributed by atoms with E-state index in [9.17, 15) is 0 Å². The van der Waals surface area contributed by atoms with E-state index < -0.39 is 0 Å². The molecule has 2 aromatic rings. The van der Waals surface area contributed by atoms with Gasteiger partial charge in [0.2, 0.25) is 0 Å². The molecule has 0 atom stereocenters. The average molecular weight is 279 g/mol. The molecule has 0 saturated carbocycles. The van der Waals surface area contributed by atoms with Crippen LogP contribution in [0.4, 0.5) is 0 Å². The highest BCUT2D eigenvalue weighted by Crippen LogP contribution is 2.25. The summed E-state index contributed by atoms with van der Waals surface area (Å²) in [5.74, 6) is 0.737. The van der Waals surface area contributed by atoms with Crippen LogP contribution in [0.25, 0.3) is 0 Å². The molecule has 0 unspecified atom stereocenters. The number of nitrogens with zero attached hydrogens (tertiary/aromatic N) is 2. The Bertz CT molecular complexity index is 559. The van der Waals surface area contributed by atoms with E-state index in [0.717, 1.165) is 10.6 Å². The number of nitrogen functional groups attached to an aromatic ring is 1. The van der Waals surface area contributed by atoms with Gasteiger partial charge in [-0.2, -0.15) is 0 Å². The van der Waals surface area contributed by atoms with Crippen LogP contribution < -0.4 is 5.73 Å². The molecule has 0 amide bonds. The van der Waals surface area contributed by atoms with E-state index in [2.05, 4.69) is 9.97 Å². The number of benzene rings is 1. The summed E-state index contributed by atoms with van der Waals surface area (Å²) in [5, 5.41) is 8.85. The fourth-order valence-corrected chi connectivity index (χ4v) is 2.51. The molecule has 6 heteroatoms. The Morgan fingerprint density at radius 1 is 1.39 bits per heavy atom. The summed E-state index contributed by atoms with van der Waals surface area (Å²) >= 11 is 7.72. The summed E-state index contributed by atoms with van der Waals surface area (Å²) < 4.78 is 0. The molecule has 0 bridgehead atoms. The second-order valence-corrected chi connectivity index (χ2v) is 4.96. The number of nitrogens with two attached hydrogens (primary N) is 1. The molecule has 0 aliphatic rings. The Morgan fingerprint density at radius 3 is 2.83 bits per heavy atom. The molecule has 0 radical (unpaired) electrons. The number of amidine groups is 1. The summed E-state index contributed by atoms with van der Waals surface area (Å²) in [5.41, 5.74) is 7.03. The van der Waals surface area contributed by atoms with E-state index in [1.165, 1.54) is 6.33 Å². The van der Waals surface area contributed by atoms with E-state index in [1.807, 2.05) is 12.1 Å². The lowest BCUT2D eigenvalue weighted by atomic mass is 10.1. The van der Waals surface area contributed by atoms with Gasteiger partial charge in [-0.25, -0.2) is 9.97 Å². The standard InChI is InChI=1S/C12H11ClN4S/c13-10-5-8(12(14)15)1-2-9(10)6-18-11-3-4-16-7-17-11/h1-5,7H,6H2,(H3,14,15). The van der Waals surface area contributed by atoms with Gasteiger partial charge in [-0.05, 0) is 17.7 Å². The zero-order valence-corrected chi connectivity index (χ0v) is 11.0. The molecule has 18 heavy (non-hydrogen) atoms. The van der Waals surface area contributed by atoms with Crippen LogP contribution in [0.1, 0.15) is 11.1 Å². The van der Waals surface area contributed by atoms with E-state index in [4.69, 9.17) is 22.7 Å². The van der Waals surface area contributed by atoms with Gasteiger partial charge < -0.3 is 5.73 Å². The molecule has 4 nitrogen and oxygen atoms in total. The highest BCUT2D eigenvalue weighted by atomic mass is 35.5. The van der Waals surface area contributed by atoms with Gasteiger partial charge in [0, 0.05) is 22.5 Å². The number of hydrogen-bond acceptors (Lipinski definition) is 4. The van der Waals surface area contributed by atoms with Crippen molar-refractivity contribution in [2.75, 3.05) is 0 Å². The molecular formula is C12H11ClN4S. The fraction of sp³-hybridized carbons (Fsp3) is 0.0833. The number of aromatic nitrogens is 2. The normalized spacial score (nSPS) is 10.3. The number of hydrogen-bond donors (Lipinski definition) is 2. The van der Waals surface area contributed by atoms with Crippen LogP contribution in [0.5, 0.6) is 0 Å². The van der Waals surface area contributed by atoms with Gasteiger partial charge in [0.25, 0.3) is 0 Å². The third-order valence-corrected chi connectivity index (χ3v) is 3.64. The first kappa shape index (κ1) is 12.9. The van der Waals surface area contributed by atoms with Crippen LogP contribution in [-0.2, 0) is 5.75 Å². The zero-order chi connectivity index (χ0) is 13.0.